The monoisotopic (exact) mass is 359 g/mol. The average molecular weight is 360 g/mol. The highest BCUT2D eigenvalue weighted by molar-refractivity contribution is 6.31. The molecule has 1 heterocycles. The Morgan fingerprint density at radius 3 is 2.84 bits per heavy atom. The summed E-state index contributed by atoms with van der Waals surface area (Å²) < 4.78 is 10.6. The lowest BCUT2D eigenvalue weighted by Gasteiger charge is -2.10. The molecule has 2 N–H and O–H groups in total. The summed E-state index contributed by atoms with van der Waals surface area (Å²) in [4.78, 5) is 16.0. The van der Waals surface area contributed by atoms with Crippen molar-refractivity contribution < 1.29 is 14.3 Å². The van der Waals surface area contributed by atoms with E-state index in [0.29, 0.717) is 22.2 Å². The first-order chi connectivity index (χ1) is 12.1. The summed E-state index contributed by atoms with van der Waals surface area (Å²) >= 11 is 5.91. The van der Waals surface area contributed by atoms with E-state index in [1.54, 1.807) is 24.4 Å². The van der Waals surface area contributed by atoms with E-state index in [1.165, 1.54) is 7.11 Å². The van der Waals surface area contributed by atoms with Crippen LogP contribution in [-0.2, 0) is 0 Å². The lowest BCUT2D eigenvalue weighted by molar-refractivity contribution is 0.253. The third-order valence-corrected chi connectivity index (χ3v) is 3.30. The van der Waals surface area contributed by atoms with E-state index in [9.17, 15) is 4.79 Å². The molecule has 0 atom stereocenters. The molecule has 0 aliphatic carbocycles. The quantitative estimate of drug-likeness (QED) is 0.804. The number of hydrogen-bond acceptors (Lipinski definition) is 4. The number of nitrogens with zero attached hydrogens (tertiary/aromatic N) is 1. The zero-order valence-corrected chi connectivity index (χ0v) is 14.7. The largest absolute Gasteiger partial charge is 0.495 e. The molecule has 0 fully saturated rings. The zero-order valence-electron chi connectivity index (χ0n) is 13.9. The summed E-state index contributed by atoms with van der Waals surface area (Å²) in [5.74, 6) is 6.78. The molecule has 0 bridgehead atoms. The van der Waals surface area contributed by atoms with Crippen molar-refractivity contribution >= 4 is 23.3 Å². The number of methoxy groups -OCH3 is 1. The number of carbonyl (C=O) groups is 1. The molecule has 0 saturated carbocycles. The zero-order chi connectivity index (χ0) is 18.1. The summed E-state index contributed by atoms with van der Waals surface area (Å²) in [6, 6.07) is 8.24. The molecule has 7 heteroatoms. The maximum atomic E-state index is 11.8. The summed E-state index contributed by atoms with van der Waals surface area (Å²) in [6.07, 6.45) is 1.64. The van der Waals surface area contributed by atoms with Gasteiger partial charge in [0, 0.05) is 10.7 Å². The fraction of sp³-hybridized carbons (Fsp3) is 0.222. The molecule has 0 saturated heterocycles. The molecule has 0 unspecified atom stereocenters. The Hall–Kier alpha value is -2.91. The first-order valence-electron chi connectivity index (χ1n) is 7.48. The number of hydrogen-bond donors (Lipinski definition) is 2. The first-order valence-corrected chi connectivity index (χ1v) is 7.86. The minimum absolute atomic E-state index is 0.185. The van der Waals surface area contributed by atoms with Gasteiger partial charge in [-0.05, 0) is 37.3 Å². The standard InChI is InChI=1S/C18H18ClN3O3/c1-13-5-7-15(12-21-13)25-10-4-3-9-20-18(23)22-16-11-14(19)6-8-17(16)24-2/h5-8,11-12H,9-10H2,1-2H3,(H2,20,22,23). The van der Waals surface area contributed by atoms with Crippen molar-refractivity contribution in [2.24, 2.45) is 0 Å². The van der Waals surface area contributed by atoms with Gasteiger partial charge < -0.3 is 20.1 Å². The van der Waals surface area contributed by atoms with Crippen LogP contribution in [0.1, 0.15) is 5.69 Å². The van der Waals surface area contributed by atoms with Crippen LogP contribution in [0.15, 0.2) is 36.5 Å². The Bertz CT molecular complexity index is 782. The van der Waals surface area contributed by atoms with Gasteiger partial charge in [-0.15, -0.1) is 0 Å². The molecule has 0 aliphatic heterocycles. The third kappa shape index (κ3) is 6.24. The van der Waals surface area contributed by atoms with E-state index in [4.69, 9.17) is 21.1 Å². The number of halogens is 1. The summed E-state index contributed by atoms with van der Waals surface area (Å²) in [5.41, 5.74) is 1.40. The van der Waals surface area contributed by atoms with E-state index in [-0.39, 0.29) is 13.2 Å². The van der Waals surface area contributed by atoms with Crippen molar-refractivity contribution in [1.82, 2.24) is 10.3 Å². The lowest BCUT2D eigenvalue weighted by atomic mass is 10.3. The normalized spacial score (nSPS) is 9.56. The van der Waals surface area contributed by atoms with E-state index in [1.807, 2.05) is 19.1 Å². The molecule has 1 aromatic heterocycles. The van der Waals surface area contributed by atoms with Crippen molar-refractivity contribution in [1.29, 1.82) is 0 Å². The number of anilines is 1. The fourth-order valence-corrected chi connectivity index (χ4v) is 2.01. The topological polar surface area (TPSA) is 72.5 Å². The van der Waals surface area contributed by atoms with Crippen LogP contribution in [0.25, 0.3) is 0 Å². The predicted octanol–water partition coefficient (Wildman–Crippen LogP) is 3.26. The van der Waals surface area contributed by atoms with Crippen LogP contribution in [-0.4, -0.2) is 31.3 Å². The molecule has 25 heavy (non-hydrogen) atoms. The van der Waals surface area contributed by atoms with Crippen molar-refractivity contribution in [2.45, 2.75) is 6.92 Å². The van der Waals surface area contributed by atoms with Gasteiger partial charge in [0.05, 0.1) is 25.5 Å². The highest BCUT2D eigenvalue weighted by Crippen LogP contribution is 2.27. The third-order valence-electron chi connectivity index (χ3n) is 3.07. The Kier molecular flexibility index (Phi) is 6.93. The van der Waals surface area contributed by atoms with E-state index in [0.717, 1.165) is 5.69 Å². The Labute approximate surface area is 151 Å². The number of ether oxygens (including phenoxy) is 2. The number of pyridine rings is 1. The molecule has 130 valence electrons. The predicted molar refractivity (Wildman–Crippen MR) is 97.3 cm³/mol. The minimum atomic E-state index is -0.404. The van der Waals surface area contributed by atoms with E-state index in [2.05, 4.69) is 27.5 Å². The minimum Gasteiger partial charge on any atom is -0.495 e. The fourth-order valence-electron chi connectivity index (χ4n) is 1.84. The summed E-state index contributed by atoms with van der Waals surface area (Å²) in [7, 11) is 1.52. The van der Waals surface area contributed by atoms with Crippen molar-refractivity contribution in [3.05, 3.63) is 47.2 Å². The van der Waals surface area contributed by atoms with Crippen LogP contribution in [0.3, 0.4) is 0 Å². The van der Waals surface area contributed by atoms with Gasteiger partial charge in [-0.3, -0.25) is 4.98 Å². The van der Waals surface area contributed by atoms with Gasteiger partial charge >= 0.3 is 6.03 Å². The molecule has 2 aromatic rings. The second-order valence-corrected chi connectivity index (χ2v) is 5.37. The number of carbonyl (C=O) groups excluding carboxylic acids is 1. The van der Waals surface area contributed by atoms with Gasteiger partial charge in [-0.2, -0.15) is 0 Å². The highest BCUT2D eigenvalue weighted by atomic mass is 35.5. The summed E-state index contributed by atoms with van der Waals surface area (Å²) in [6.45, 7) is 2.31. The molecule has 1 aromatic carbocycles. The van der Waals surface area contributed by atoms with E-state index >= 15 is 0 Å². The number of urea groups is 1. The molecule has 0 aliphatic rings. The van der Waals surface area contributed by atoms with Crippen molar-refractivity contribution in [2.75, 3.05) is 25.6 Å². The highest BCUT2D eigenvalue weighted by Gasteiger charge is 2.07. The van der Waals surface area contributed by atoms with Crippen LogP contribution < -0.4 is 20.1 Å². The van der Waals surface area contributed by atoms with Gasteiger partial charge in [0.25, 0.3) is 0 Å². The lowest BCUT2D eigenvalue weighted by Crippen LogP contribution is -2.29. The van der Waals surface area contributed by atoms with Crippen LogP contribution in [0.5, 0.6) is 11.5 Å². The second kappa shape index (κ2) is 9.40. The smallest absolute Gasteiger partial charge is 0.320 e. The number of nitrogens with one attached hydrogen (secondary N) is 2. The SMILES string of the molecule is COc1ccc(Cl)cc1NC(=O)NCC#CCOc1ccc(C)nc1. The van der Waals surface area contributed by atoms with Gasteiger partial charge in [0.2, 0.25) is 0 Å². The molecule has 2 amide bonds. The Balaban J connectivity index is 1.74. The van der Waals surface area contributed by atoms with Gasteiger partial charge in [-0.1, -0.05) is 23.4 Å². The van der Waals surface area contributed by atoms with Gasteiger partial charge in [0.1, 0.15) is 18.1 Å². The molecule has 6 nitrogen and oxygen atoms in total. The van der Waals surface area contributed by atoms with Gasteiger partial charge in [0.15, 0.2) is 0 Å². The number of aryl methyl sites for hydroxylation is 1. The average Bonchev–Trinajstić information content (AvgIpc) is 2.60. The first kappa shape index (κ1) is 18.4. The van der Waals surface area contributed by atoms with Gasteiger partial charge in [-0.25, -0.2) is 4.79 Å². The molecular weight excluding hydrogens is 342 g/mol. The van der Waals surface area contributed by atoms with Crippen LogP contribution >= 0.6 is 11.6 Å². The Morgan fingerprint density at radius 1 is 1.28 bits per heavy atom. The number of benzene rings is 1. The van der Waals surface area contributed by atoms with Crippen molar-refractivity contribution in [3.8, 4) is 23.3 Å². The summed E-state index contributed by atoms with van der Waals surface area (Å²) in [5, 5.41) is 5.77. The molecule has 2 rings (SSSR count). The van der Waals surface area contributed by atoms with Crippen molar-refractivity contribution in [3.63, 3.8) is 0 Å². The molecule has 0 radical (unpaired) electrons. The van der Waals surface area contributed by atoms with E-state index < -0.39 is 6.03 Å². The van der Waals surface area contributed by atoms with Crippen LogP contribution in [0.2, 0.25) is 5.02 Å². The molecular formula is C18H18ClN3O3. The Morgan fingerprint density at radius 2 is 2.12 bits per heavy atom. The maximum absolute atomic E-state index is 11.8. The maximum Gasteiger partial charge on any atom is 0.320 e. The number of amides is 2. The van der Waals surface area contributed by atoms with Crippen LogP contribution in [0.4, 0.5) is 10.5 Å². The molecule has 0 spiro atoms. The number of aromatic nitrogens is 1. The van der Waals surface area contributed by atoms with Crippen LogP contribution in [0, 0.1) is 18.8 Å². The second-order valence-electron chi connectivity index (χ2n) is 4.93. The number of rotatable bonds is 5.